The Kier molecular flexibility index (Phi) is 9.29. The number of aliphatic carboxylic acids is 1. The molecule has 0 aromatic heterocycles. The minimum atomic E-state index is -0.677. The highest BCUT2D eigenvalue weighted by Gasteiger charge is 2.43. The van der Waals surface area contributed by atoms with E-state index in [1.54, 1.807) is 0 Å². The van der Waals surface area contributed by atoms with Gasteiger partial charge in [-0.25, -0.2) is 0 Å². The lowest BCUT2D eigenvalue weighted by atomic mass is 9.81. The molecule has 33 heavy (non-hydrogen) atoms. The molecule has 0 amide bonds. The number of para-hydroxylation sites is 2. The van der Waals surface area contributed by atoms with Crippen molar-refractivity contribution in [3.05, 3.63) is 72.4 Å². The van der Waals surface area contributed by atoms with Crippen LogP contribution in [0.3, 0.4) is 0 Å². The van der Waals surface area contributed by atoms with E-state index in [1.807, 2.05) is 18.2 Å². The molecule has 0 radical (unpaired) electrons. The Morgan fingerprint density at radius 1 is 0.879 bits per heavy atom. The molecule has 1 heterocycles. The molecule has 2 aromatic rings. The molecule has 0 bridgehead atoms. The number of rotatable bonds is 14. The van der Waals surface area contributed by atoms with Gasteiger partial charge in [0.1, 0.15) is 6.54 Å². The molecule has 176 valence electrons. The standard InChI is InChI=1S/C29H38N2O2/c1-29(2)25-18-13-14-19-26(25)31(27(29)21-22-30-24-16-10-9-11-17-24)23-15-8-6-4-3-5-7-12-20-28(32)33/h9-11,13-14,16-19,21-22H,3-8,12,15,20,23H2,1-2H3,(H,32,33)/p+1. The highest BCUT2D eigenvalue weighted by molar-refractivity contribution is 6.03. The summed E-state index contributed by atoms with van der Waals surface area (Å²) < 4.78 is 2.50. The van der Waals surface area contributed by atoms with Gasteiger partial charge in [0.15, 0.2) is 5.71 Å². The van der Waals surface area contributed by atoms with Gasteiger partial charge in [0.05, 0.1) is 5.41 Å². The lowest BCUT2D eigenvalue weighted by Gasteiger charge is -2.15. The van der Waals surface area contributed by atoms with Crippen LogP contribution < -0.4 is 5.32 Å². The summed E-state index contributed by atoms with van der Waals surface area (Å²) in [6.07, 6.45) is 13.7. The Balaban J connectivity index is 1.54. The number of carboxylic acids is 1. The molecule has 3 rings (SSSR count). The van der Waals surface area contributed by atoms with Crippen molar-refractivity contribution in [2.75, 3.05) is 11.9 Å². The fourth-order valence-electron chi connectivity index (χ4n) is 4.74. The number of fused-ring (bicyclic) bond motifs is 1. The number of benzene rings is 2. The van der Waals surface area contributed by atoms with Gasteiger partial charge in [-0.1, -0.05) is 68.5 Å². The van der Waals surface area contributed by atoms with E-state index in [-0.39, 0.29) is 5.41 Å². The van der Waals surface area contributed by atoms with Gasteiger partial charge in [0.25, 0.3) is 0 Å². The molecule has 2 N–H and O–H groups in total. The van der Waals surface area contributed by atoms with Crippen molar-refractivity contribution >= 4 is 23.1 Å². The number of hydrogen-bond donors (Lipinski definition) is 2. The summed E-state index contributed by atoms with van der Waals surface area (Å²) in [5.74, 6) is -0.677. The monoisotopic (exact) mass is 447 g/mol. The number of carbonyl (C=O) groups is 1. The maximum atomic E-state index is 10.6. The number of hydrogen-bond acceptors (Lipinski definition) is 2. The van der Waals surface area contributed by atoms with E-state index in [9.17, 15) is 4.79 Å². The van der Waals surface area contributed by atoms with E-state index >= 15 is 0 Å². The number of unbranched alkanes of at least 4 members (excludes halogenated alkanes) is 7. The summed E-state index contributed by atoms with van der Waals surface area (Å²) in [4.78, 5) is 10.6. The van der Waals surface area contributed by atoms with Crippen LogP contribution in [0.4, 0.5) is 11.4 Å². The Morgan fingerprint density at radius 2 is 1.48 bits per heavy atom. The zero-order valence-electron chi connectivity index (χ0n) is 20.2. The van der Waals surface area contributed by atoms with Gasteiger partial charge in [-0.3, -0.25) is 4.79 Å². The zero-order chi connectivity index (χ0) is 23.5. The van der Waals surface area contributed by atoms with Gasteiger partial charge in [0, 0.05) is 42.4 Å². The van der Waals surface area contributed by atoms with Crippen LogP contribution in [0.2, 0.25) is 0 Å². The average Bonchev–Trinajstić information content (AvgIpc) is 3.02. The van der Waals surface area contributed by atoms with Crippen LogP contribution in [0.5, 0.6) is 0 Å². The van der Waals surface area contributed by atoms with Crippen LogP contribution in [0.1, 0.15) is 77.2 Å². The summed E-state index contributed by atoms with van der Waals surface area (Å²) in [6, 6.07) is 19.1. The smallest absolute Gasteiger partial charge is 0.303 e. The second-order valence-electron chi connectivity index (χ2n) is 9.49. The summed E-state index contributed by atoms with van der Waals surface area (Å²) >= 11 is 0. The van der Waals surface area contributed by atoms with Crippen molar-refractivity contribution in [3.63, 3.8) is 0 Å². The maximum absolute atomic E-state index is 10.6. The van der Waals surface area contributed by atoms with E-state index in [4.69, 9.17) is 5.11 Å². The van der Waals surface area contributed by atoms with Gasteiger partial charge in [-0.2, -0.15) is 4.58 Å². The summed E-state index contributed by atoms with van der Waals surface area (Å²) in [5, 5.41) is 12.1. The molecule has 1 aliphatic rings. The molecule has 0 fully saturated rings. The third-order valence-electron chi connectivity index (χ3n) is 6.59. The third kappa shape index (κ3) is 7.05. The van der Waals surface area contributed by atoms with Gasteiger partial charge < -0.3 is 10.4 Å². The predicted octanol–water partition coefficient (Wildman–Crippen LogP) is 7.28. The van der Waals surface area contributed by atoms with Gasteiger partial charge in [0.2, 0.25) is 5.69 Å². The second-order valence-corrected chi connectivity index (χ2v) is 9.49. The number of nitrogens with zero attached hydrogens (tertiary/aromatic N) is 1. The zero-order valence-corrected chi connectivity index (χ0v) is 20.2. The first-order valence-electron chi connectivity index (χ1n) is 12.4. The van der Waals surface area contributed by atoms with Crippen molar-refractivity contribution in [3.8, 4) is 0 Å². The highest BCUT2D eigenvalue weighted by atomic mass is 16.4. The molecule has 2 aromatic carbocycles. The number of allylic oxidation sites excluding steroid dienone is 1. The maximum Gasteiger partial charge on any atom is 0.303 e. The molecular weight excluding hydrogens is 408 g/mol. The van der Waals surface area contributed by atoms with Gasteiger partial charge >= 0.3 is 5.97 Å². The van der Waals surface area contributed by atoms with E-state index in [0.717, 1.165) is 31.5 Å². The topological polar surface area (TPSA) is 52.3 Å². The number of nitrogens with one attached hydrogen (secondary N) is 1. The average molecular weight is 448 g/mol. The summed E-state index contributed by atoms with van der Waals surface area (Å²) in [5.41, 5.74) is 5.13. The first-order valence-corrected chi connectivity index (χ1v) is 12.4. The van der Waals surface area contributed by atoms with Crippen LogP contribution in [-0.2, 0) is 10.2 Å². The lowest BCUT2D eigenvalue weighted by molar-refractivity contribution is -0.438. The summed E-state index contributed by atoms with van der Waals surface area (Å²) in [6.45, 7) is 5.67. The molecular formula is C29H39N2O2+. The first-order chi connectivity index (χ1) is 16.0. The fraction of sp³-hybridized carbons (Fsp3) is 0.448. The Labute approximate surface area is 199 Å². The van der Waals surface area contributed by atoms with Crippen molar-refractivity contribution in [1.82, 2.24) is 0 Å². The Morgan fingerprint density at radius 3 is 2.18 bits per heavy atom. The van der Waals surface area contributed by atoms with E-state index in [1.165, 1.54) is 49.1 Å². The fourth-order valence-corrected chi connectivity index (χ4v) is 4.74. The van der Waals surface area contributed by atoms with Gasteiger partial charge in [-0.15, -0.1) is 0 Å². The van der Waals surface area contributed by atoms with Crippen molar-refractivity contribution in [1.29, 1.82) is 0 Å². The van der Waals surface area contributed by atoms with E-state index < -0.39 is 5.97 Å². The SMILES string of the molecule is CC1(C)C(/C=C/Nc2ccccc2)=[N+](CCCCCCCCCCC(=O)O)c2ccccc21. The third-order valence-corrected chi connectivity index (χ3v) is 6.59. The number of anilines is 1. The van der Waals surface area contributed by atoms with Crippen LogP contribution in [-0.4, -0.2) is 27.9 Å². The molecule has 4 heteroatoms. The first kappa shape index (κ1) is 24.8. The normalized spacial score (nSPS) is 14.6. The molecule has 4 nitrogen and oxygen atoms in total. The Hall–Kier alpha value is -2.88. The predicted molar refractivity (Wildman–Crippen MR) is 138 cm³/mol. The van der Waals surface area contributed by atoms with Gasteiger partial charge in [-0.05, 0) is 38.8 Å². The summed E-state index contributed by atoms with van der Waals surface area (Å²) in [7, 11) is 0. The molecule has 0 spiro atoms. The molecule has 0 unspecified atom stereocenters. The molecule has 0 aliphatic carbocycles. The van der Waals surface area contributed by atoms with Crippen LogP contribution >= 0.6 is 0 Å². The molecule has 0 saturated carbocycles. The van der Waals surface area contributed by atoms with Crippen LogP contribution in [0.25, 0.3) is 0 Å². The van der Waals surface area contributed by atoms with Crippen molar-refractivity contribution in [2.24, 2.45) is 0 Å². The highest BCUT2D eigenvalue weighted by Crippen LogP contribution is 2.39. The molecule has 0 atom stereocenters. The molecule has 1 aliphatic heterocycles. The van der Waals surface area contributed by atoms with Crippen molar-refractivity contribution in [2.45, 2.75) is 77.0 Å². The van der Waals surface area contributed by atoms with Crippen LogP contribution in [0.15, 0.2) is 66.9 Å². The Bertz CT molecular complexity index is 961. The minimum absolute atomic E-state index is 0.0264. The van der Waals surface area contributed by atoms with Crippen molar-refractivity contribution < 1.29 is 14.5 Å². The lowest BCUT2D eigenvalue weighted by Crippen LogP contribution is -2.28. The number of carboxylic acid groups (broad SMARTS) is 1. The quantitative estimate of drug-likeness (QED) is 0.236. The van der Waals surface area contributed by atoms with E-state index in [0.29, 0.717) is 6.42 Å². The largest absolute Gasteiger partial charge is 0.481 e. The van der Waals surface area contributed by atoms with E-state index in [2.05, 4.69) is 72.4 Å². The van der Waals surface area contributed by atoms with Crippen LogP contribution in [0, 0.1) is 0 Å². The second kappa shape index (κ2) is 12.4. The molecule has 0 saturated heterocycles. The minimum Gasteiger partial charge on any atom is -0.481 e.